The molecule has 0 fully saturated rings. The summed E-state index contributed by atoms with van der Waals surface area (Å²) < 4.78 is 9.58. The zero-order valence-corrected chi connectivity index (χ0v) is 9.54. The molecule has 1 aromatic rings. The lowest BCUT2D eigenvalue weighted by Crippen LogP contribution is -2.09. The van der Waals surface area contributed by atoms with Gasteiger partial charge in [-0.25, -0.2) is 4.79 Å². The number of rotatable bonds is 3. The SMILES string of the molecule is COC(=O)c1oc(C)c(C(C)=O)c1C(C)=O. The number of furan rings is 1. The largest absolute Gasteiger partial charge is 0.463 e. The Morgan fingerprint density at radius 2 is 1.56 bits per heavy atom. The first-order chi connectivity index (χ1) is 7.40. The highest BCUT2D eigenvalue weighted by molar-refractivity contribution is 6.13. The number of carbonyl (C=O) groups is 3. The maximum Gasteiger partial charge on any atom is 0.374 e. The number of esters is 1. The fourth-order valence-electron chi connectivity index (χ4n) is 1.54. The quantitative estimate of drug-likeness (QED) is 0.578. The highest BCUT2D eigenvalue weighted by atomic mass is 16.5. The Hall–Kier alpha value is -1.91. The van der Waals surface area contributed by atoms with Crippen molar-refractivity contribution in [3.8, 4) is 0 Å². The molecule has 16 heavy (non-hydrogen) atoms. The Balaban J connectivity index is 3.53. The number of hydrogen-bond donors (Lipinski definition) is 0. The van der Waals surface area contributed by atoms with E-state index in [2.05, 4.69) is 4.74 Å². The van der Waals surface area contributed by atoms with Crippen molar-refractivity contribution in [1.82, 2.24) is 0 Å². The van der Waals surface area contributed by atoms with Crippen LogP contribution in [0, 0.1) is 6.92 Å². The van der Waals surface area contributed by atoms with Gasteiger partial charge in [0.25, 0.3) is 0 Å². The maximum absolute atomic E-state index is 11.4. The molecule has 0 saturated carbocycles. The second kappa shape index (κ2) is 4.30. The summed E-state index contributed by atoms with van der Waals surface area (Å²) in [6.45, 7) is 4.10. The molecular formula is C11H12O5. The summed E-state index contributed by atoms with van der Waals surface area (Å²) in [4.78, 5) is 34.1. The normalized spacial score (nSPS) is 10.0. The predicted molar refractivity (Wildman–Crippen MR) is 54.8 cm³/mol. The minimum Gasteiger partial charge on any atom is -0.463 e. The van der Waals surface area contributed by atoms with E-state index < -0.39 is 11.8 Å². The van der Waals surface area contributed by atoms with E-state index in [4.69, 9.17) is 4.42 Å². The first-order valence-corrected chi connectivity index (χ1v) is 4.63. The van der Waals surface area contributed by atoms with Crippen molar-refractivity contribution in [3.05, 3.63) is 22.6 Å². The van der Waals surface area contributed by atoms with Gasteiger partial charge in [-0.05, 0) is 20.8 Å². The fourth-order valence-corrected chi connectivity index (χ4v) is 1.54. The van der Waals surface area contributed by atoms with Gasteiger partial charge in [0, 0.05) is 0 Å². The van der Waals surface area contributed by atoms with Gasteiger partial charge in [-0.3, -0.25) is 9.59 Å². The number of aryl methyl sites for hydroxylation is 1. The maximum atomic E-state index is 11.4. The molecule has 0 amide bonds. The molecule has 0 saturated heterocycles. The standard InChI is InChI=1S/C11H12O5/c1-5(12)8-7(3)16-10(11(14)15-4)9(8)6(2)13/h1-4H3. The molecule has 5 heteroatoms. The van der Waals surface area contributed by atoms with E-state index in [0.29, 0.717) is 0 Å². The van der Waals surface area contributed by atoms with Crippen LogP contribution in [0.5, 0.6) is 0 Å². The van der Waals surface area contributed by atoms with Gasteiger partial charge < -0.3 is 9.15 Å². The first kappa shape index (κ1) is 12.2. The van der Waals surface area contributed by atoms with Crippen molar-refractivity contribution in [3.63, 3.8) is 0 Å². The second-order valence-corrected chi connectivity index (χ2v) is 3.34. The van der Waals surface area contributed by atoms with Crippen LogP contribution in [0.4, 0.5) is 0 Å². The summed E-state index contributed by atoms with van der Waals surface area (Å²) in [7, 11) is 1.18. The average Bonchev–Trinajstić information content (AvgIpc) is 2.54. The molecule has 0 bridgehead atoms. The minimum absolute atomic E-state index is 0.00292. The van der Waals surface area contributed by atoms with E-state index in [9.17, 15) is 14.4 Å². The molecule has 0 spiro atoms. The van der Waals surface area contributed by atoms with E-state index in [-0.39, 0.29) is 28.4 Å². The second-order valence-electron chi connectivity index (χ2n) is 3.34. The van der Waals surface area contributed by atoms with Crippen LogP contribution >= 0.6 is 0 Å². The summed E-state index contributed by atoms with van der Waals surface area (Å²) in [5, 5.41) is 0. The number of Topliss-reactive ketones (excluding diaryl/α,β-unsaturated/α-hetero) is 2. The molecule has 1 heterocycles. The Labute approximate surface area is 92.4 Å². The van der Waals surface area contributed by atoms with Gasteiger partial charge in [0.05, 0.1) is 18.2 Å². The minimum atomic E-state index is -0.763. The number of carbonyl (C=O) groups excluding carboxylic acids is 3. The summed E-state index contributed by atoms with van der Waals surface area (Å²) in [6, 6.07) is 0. The Bertz CT molecular complexity index is 467. The van der Waals surface area contributed by atoms with E-state index in [1.807, 2.05) is 0 Å². The smallest absolute Gasteiger partial charge is 0.374 e. The molecule has 0 N–H and O–H groups in total. The molecule has 1 rings (SSSR count). The topological polar surface area (TPSA) is 73.6 Å². The number of ether oxygens (including phenoxy) is 1. The van der Waals surface area contributed by atoms with Gasteiger partial charge in [0.1, 0.15) is 5.76 Å². The molecule has 5 nitrogen and oxygen atoms in total. The molecule has 0 aliphatic carbocycles. The van der Waals surface area contributed by atoms with E-state index in [1.165, 1.54) is 27.9 Å². The van der Waals surface area contributed by atoms with Crippen LogP contribution in [0.1, 0.15) is 50.9 Å². The molecule has 0 aliphatic heterocycles. The van der Waals surface area contributed by atoms with Crippen molar-refractivity contribution < 1.29 is 23.5 Å². The summed E-state index contributed by atoms with van der Waals surface area (Å²) in [5.41, 5.74) is 0.143. The van der Waals surface area contributed by atoms with Crippen molar-refractivity contribution in [1.29, 1.82) is 0 Å². The number of hydrogen-bond acceptors (Lipinski definition) is 5. The number of ketones is 2. The predicted octanol–water partition coefficient (Wildman–Crippen LogP) is 1.78. The molecule has 1 aromatic heterocycles. The highest BCUT2D eigenvalue weighted by Crippen LogP contribution is 2.24. The summed E-state index contributed by atoms with van der Waals surface area (Å²) in [5.74, 6) is -1.44. The zero-order chi connectivity index (χ0) is 12.5. The first-order valence-electron chi connectivity index (χ1n) is 4.63. The van der Waals surface area contributed by atoms with Crippen LogP contribution in [0.25, 0.3) is 0 Å². The summed E-state index contributed by atoms with van der Waals surface area (Å²) >= 11 is 0. The third-order valence-corrected chi connectivity index (χ3v) is 2.16. The third kappa shape index (κ3) is 1.88. The van der Waals surface area contributed by atoms with E-state index >= 15 is 0 Å². The lowest BCUT2D eigenvalue weighted by molar-refractivity contribution is 0.0559. The van der Waals surface area contributed by atoms with Gasteiger partial charge >= 0.3 is 5.97 Å². The van der Waals surface area contributed by atoms with Gasteiger partial charge in [0.15, 0.2) is 11.6 Å². The van der Waals surface area contributed by atoms with E-state index in [1.54, 1.807) is 0 Å². The Kier molecular flexibility index (Phi) is 3.27. The highest BCUT2D eigenvalue weighted by Gasteiger charge is 2.28. The van der Waals surface area contributed by atoms with Crippen molar-refractivity contribution in [2.45, 2.75) is 20.8 Å². The monoisotopic (exact) mass is 224 g/mol. The molecule has 0 atom stereocenters. The van der Waals surface area contributed by atoms with Crippen molar-refractivity contribution in [2.75, 3.05) is 7.11 Å². The Morgan fingerprint density at radius 3 is 1.94 bits per heavy atom. The van der Waals surface area contributed by atoms with Gasteiger partial charge in [0.2, 0.25) is 5.76 Å². The summed E-state index contributed by atoms with van der Waals surface area (Å²) in [6.07, 6.45) is 0. The van der Waals surface area contributed by atoms with Gasteiger partial charge in [-0.2, -0.15) is 0 Å². The average molecular weight is 224 g/mol. The van der Waals surface area contributed by atoms with Crippen molar-refractivity contribution in [2.24, 2.45) is 0 Å². The van der Waals surface area contributed by atoms with Crippen LogP contribution in [0.3, 0.4) is 0 Å². The lowest BCUT2D eigenvalue weighted by atomic mass is 10.0. The van der Waals surface area contributed by atoms with Crippen LogP contribution in [-0.4, -0.2) is 24.6 Å². The molecule has 0 radical (unpaired) electrons. The van der Waals surface area contributed by atoms with Crippen molar-refractivity contribution >= 4 is 17.5 Å². The Morgan fingerprint density at radius 1 is 1.06 bits per heavy atom. The van der Waals surface area contributed by atoms with Gasteiger partial charge in [-0.15, -0.1) is 0 Å². The van der Waals surface area contributed by atoms with Crippen LogP contribution < -0.4 is 0 Å². The molecule has 0 aromatic carbocycles. The molecule has 0 unspecified atom stereocenters. The van der Waals surface area contributed by atoms with Crippen LogP contribution in [0.15, 0.2) is 4.42 Å². The zero-order valence-electron chi connectivity index (χ0n) is 9.54. The molecular weight excluding hydrogens is 212 g/mol. The van der Waals surface area contributed by atoms with Crippen LogP contribution in [-0.2, 0) is 4.74 Å². The lowest BCUT2D eigenvalue weighted by Gasteiger charge is -1.98. The van der Waals surface area contributed by atoms with E-state index in [0.717, 1.165) is 0 Å². The molecule has 86 valence electrons. The number of methoxy groups -OCH3 is 1. The third-order valence-electron chi connectivity index (χ3n) is 2.16. The van der Waals surface area contributed by atoms with Gasteiger partial charge in [-0.1, -0.05) is 0 Å². The van der Waals surface area contributed by atoms with Crippen LogP contribution in [0.2, 0.25) is 0 Å². The fraction of sp³-hybridized carbons (Fsp3) is 0.364. The molecule has 0 aliphatic rings.